The van der Waals surface area contributed by atoms with Crippen molar-refractivity contribution in [3.8, 4) is 0 Å². The maximum Gasteiger partial charge on any atom is 0.404 e. The van der Waals surface area contributed by atoms with E-state index in [-0.39, 0.29) is 18.0 Å². The Morgan fingerprint density at radius 2 is 0.696 bits per heavy atom. The van der Waals surface area contributed by atoms with Crippen molar-refractivity contribution in [2.24, 2.45) is 29.6 Å². The molecule has 0 spiro atoms. The van der Waals surface area contributed by atoms with Crippen molar-refractivity contribution >= 4 is 30.5 Å². The second-order valence-corrected chi connectivity index (χ2v) is 12.0. The molecule has 0 aromatic carbocycles. The predicted octanol–water partition coefficient (Wildman–Crippen LogP) is 6.39. The second kappa shape index (κ2) is 25.5. The fraction of sp³-hybridized carbons (Fsp3) is 0.839. The van der Waals surface area contributed by atoms with E-state index in [0.717, 1.165) is 19.3 Å². The van der Waals surface area contributed by atoms with Crippen LogP contribution in [0.5, 0.6) is 0 Å². The Balaban J connectivity index is -0.000000675. The molecule has 46 heavy (non-hydrogen) atoms. The third-order valence-corrected chi connectivity index (χ3v) is 8.84. The van der Waals surface area contributed by atoms with Gasteiger partial charge in [0.15, 0.2) is 0 Å². The number of carboxylic acid groups (broad SMARTS) is 5. The molecule has 0 aliphatic heterocycles. The maximum atomic E-state index is 11.2. The fourth-order valence-corrected chi connectivity index (χ4v) is 5.35. The van der Waals surface area contributed by atoms with E-state index < -0.39 is 54.5 Å². The number of rotatable bonds is 17. The normalized spacial score (nSPS) is 17.0. The van der Waals surface area contributed by atoms with Crippen molar-refractivity contribution in [2.75, 3.05) is 0 Å². The van der Waals surface area contributed by atoms with Gasteiger partial charge in [0, 0.05) is 24.0 Å². The Bertz CT molecular complexity index is 894. The zero-order valence-corrected chi connectivity index (χ0v) is 29.6. The average Bonchev–Trinajstić information content (AvgIpc) is 2.94. The standard InChI is InChI=1S/C14H27N3O6.C10H21NO2.C7H15NO2/c1-5-7(3)10(16-13(20)21)11(17-14(22)23)9(6-2)8(4)15-12(18)19;1-5-7(3)9(6-2)8(4)11-10(12)13;1-4-5(2)6(3)8-7(9)10/h7-11,15-17H,5-6H2,1-4H3,(H,18,19)(H,20,21)(H,22,23);7-9,11H,5-6H2,1-4H3,(H,12,13);5-6,8H,4H2,1-3H3,(H,9,10). The van der Waals surface area contributed by atoms with Crippen molar-refractivity contribution in [3.63, 3.8) is 0 Å². The molecular formula is C31H63N5O10. The summed E-state index contributed by atoms with van der Waals surface area (Å²) in [7, 11) is 0. The number of amides is 5. The molecule has 5 amide bonds. The van der Waals surface area contributed by atoms with Gasteiger partial charge in [0.1, 0.15) is 0 Å². The Morgan fingerprint density at radius 3 is 1.00 bits per heavy atom. The Labute approximate surface area is 274 Å². The molecule has 0 aliphatic rings. The molecule has 10 N–H and O–H groups in total. The Kier molecular flexibility index (Phi) is 26.0. The molecule has 272 valence electrons. The molecule has 0 heterocycles. The summed E-state index contributed by atoms with van der Waals surface area (Å²) in [6, 6.07) is -1.86. The van der Waals surface area contributed by atoms with Crippen LogP contribution in [0.1, 0.15) is 108 Å². The van der Waals surface area contributed by atoms with Crippen LogP contribution in [0.25, 0.3) is 0 Å². The summed E-state index contributed by atoms with van der Waals surface area (Å²) in [5.41, 5.74) is 0. The van der Waals surface area contributed by atoms with Gasteiger partial charge in [-0.05, 0) is 50.9 Å². The van der Waals surface area contributed by atoms with Gasteiger partial charge < -0.3 is 52.1 Å². The maximum absolute atomic E-state index is 11.2. The van der Waals surface area contributed by atoms with E-state index in [2.05, 4.69) is 47.4 Å². The van der Waals surface area contributed by atoms with E-state index in [9.17, 15) is 24.0 Å². The number of hydrogen-bond acceptors (Lipinski definition) is 5. The number of nitrogens with one attached hydrogen (secondary N) is 5. The molecule has 0 radical (unpaired) electrons. The predicted molar refractivity (Wildman–Crippen MR) is 178 cm³/mol. The first kappa shape index (κ1) is 46.8. The van der Waals surface area contributed by atoms with Gasteiger partial charge >= 0.3 is 30.5 Å². The van der Waals surface area contributed by atoms with Crippen LogP contribution in [0.3, 0.4) is 0 Å². The summed E-state index contributed by atoms with van der Waals surface area (Å²) < 4.78 is 0. The van der Waals surface area contributed by atoms with Crippen molar-refractivity contribution in [2.45, 2.75) is 138 Å². The minimum absolute atomic E-state index is 0.0532. The smallest absolute Gasteiger partial charge is 0.404 e. The molecule has 0 saturated carbocycles. The van der Waals surface area contributed by atoms with Crippen molar-refractivity contribution < 1.29 is 49.5 Å². The third-order valence-electron chi connectivity index (χ3n) is 8.84. The summed E-state index contributed by atoms with van der Waals surface area (Å²) in [5.74, 6) is 0.895. The lowest BCUT2D eigenvalue weighted by Crippen LogP contribution is -2.60. The SMILES string of the molecule is CCC(C)C(C)NC(=O)O.CCC(C)C(CC)C(C)NC(=O)O.CCC(C)C(NC(=O)O)C(NC(=O)O)C(CC)C(C)NC(=O)O. The van der Waals surface area contributed by atoms with Crippen LogP contribution < -0.4 is 26.6 Å². The van der Waals surface area contributed by atoms with Gasteiger partial charge in [-0.2, -0.15) is 0 Å². The molecule has 15 heteroatoms. The van der Waals surface area contributed by atoms with Crippen molar-refractivity contribution in [1.82, 2.24) is 26.6 Å². The molecule has 0 saturated heterocycles. The van der Waals surface area contributed by atoms with E-state index in [1.54, 1.807) is 13.8 Å². The van der Waals surface area contributed by atoms with E-state index in [1.807, 2.05) is 41.5 Å². The van der Waals surface area contributed by atoms with E-state index in [0.29, 0.717) is 30.6 Å². The highest BCUT2D eigenvalue weighted by Crippen LogP contribution is 2.23. The fourth-order valence-electron chi connectivity index (χ4n) is 5.35. The molecule has 0 aliphatic carbocycles. The highest BCUT2D eigenvalue weighted by atomic mass is 16.4. The molecular weight excluding hydrogens is 602 g/mol. The average molecular weight is 666 g/mol. The summed E-state index contributed by atoms with van der Waals surface area (Å²) in [6.07, 6.45) is -1.36. The van der Waals surface area contributed by atoms with Gasteiger partial charge in [0.25, 0.3) is 0 Å². The zero-order valence-electron chi connectivity index (χ0n) is 29.6. The number of hydrogen-bond donors (Lipinski definition) is 10. The molecule has 10 unspecified atom stereocenters. The first-order chi connectivity index (χ1) is 21.2. The lowest BCUT2D eigenvalue weighted by Gasteiger charge is -2.38. The quantitative estimate of drug-likeness (QED) is 0.0819. The second-order valence-electron chi connectivity index (χ2n) is 12.0. The molecule has 0 fully saturated rings. The molecule has 15 nitrogen and oxygen atoms in total. The first-order valence-electron chi connectivity index (χ1n) is 16.2. The van der Waals surface area contributed by atoms with Gasteiger partial charge in [-0.15, -0.1) is 0 Å². The van der Waals surface area contributed by atoms with Gasteiger partial charge in [-0.3, -0.25) is 0 Å². The Hall–Kier alpha value is -3.65. The highest BCUT2D eigenvalue weighted by molar-refractivity contribution is 5.67. The minimum atomic E-state index is -1.28. The van der Waals surface area contributed by atoms with Gasteiger partial charge in [0.2, 0.25) is 0 Å². The van der Waals surface area contributed by atoms with Crippen LogP contribution in [0.15, 0.2) is 0 Å². The molecule has 0 aromatic rings. The molecule has 0 rings (SSSR count). The lowest BCUT2D eigenvalue weighted by molar-refractivity contribution is 0.139. The summed E-state index contributed by atoms with van der Waals surface area (Å²) >= 11 is 0. The lowest BCUT2D eigenvalue weighted by atomic mass is 9.80. The first-order valence-corrected chi connectivity index (χ1v) is 16.2. The molecule has 0 aromatic heterocycles. The van der Waals surface area contributed by atoms with Crippen LogP contribution in [0.4, 0.5) is 24.0 Å². The van der Waals surface area contributed by atoms with Crippen molar-refractivity contribution in [3.05, 3.63) is 0 Å². The van der Waals surface area contributed by atoms with Crippen LogP contribution in [-0.2, 0) is 0 Å². The third kappa shape index (κ3) is 21.2. The summed E-state index contributed by atoms with van der Waals surface area (Å²) in [6.45, 7) is 21.4. The van der Waals surface area contributed by atoms with E-state index >= 15 is 0 Å². The minimum Gasteiger partial charge on any atom is -0.465 e. The topological polar surface area (TPSA) is 247 Å². The van der Waals surface area contributed by atoms with Crippen LogP contribution in [0, 0.1) is 29.6 Å². The largest absolute Gasteiger partial charge is 0.465 e. The van der Waals surface area contributed by atoms with E-state index in [4.69, 9.17) is 25.5 Å². The summed E-state index contributed by atoms with van der Waals surface area (Å²) in [5, 5.41) is 55.9. The molecule has 10 atom stereocenters. The van der Waals surface area contributed by atoms with Crippen LogP contribution in [-0.4, -0.2) is 86.2 Å². The molecule has 0 bridgehead atoms. The monoisotopic (exact) mass is 665 g/mol. The van der Waals surface area contributed by atoms with E-state index in [1.165, 1.54) is 0 Å². The summed E-state index contributed by atoms with van der Waals surface area (Å²) in [4.78, 5) is 53.6. The van der Waals surface area contributed by atoms with Gasteiger partial charge in [-0.25, -0.2) is 24.0 Å². The van der Waals surface area contributed by atoms with Crippen LogP contribution >= 0.6 is 0 Å². The van der Waals surface area contributed by atoms with Crippen LogP contribution in [0.2, 0.25) is 0 Å². The highest BCUT2D eigenvalue weighted by Gasteiger charge is 2.37. The Morgan fingerprint density at radius 1 is 0.391 bits per heavy atom. The van der Waals surface area contributed by atoms with Crippen molar-refractivity contribution in [1.29, 1.82) is 0 Å². The van der Waals surface area contributed by atoms with Gasteiger partial charge in [-0.1, -0.05) is 81.1 Å². The van der Waals surface area contributed by atoms with Gasteiger partial charge in [0.05, 0.1) is 12.1 Å². The number of carbonyl (C=O) groups is 5. The zero-order chi connectivity index (χ0) is 36.7.